The first-order valence-corrected chi connectivity index (χ1v) is 9.02. The normalized spacial score (nSPS) is 14.6. The Morgan fingerprint density at radius 1 is 0.786 bits per heavy atom. The van der Waals surface area contributed by atoms with Crippen molar-refractivity contribution in [3.63, 3.8) is 0 Å². The highest BCUT2D eigenvalue weighted by Gasteiger charge is 2.39. The molecule has 0 fully saturated rings. The number of aliphatic hydroxyl groups is 1. The molecule has 1 amide bonds. The molecule has 0 saturated heterocycles. The second kappa shape index (κ2) is 7.29. The number of aliphatic carboxylic acids is 1. The minimum Gasteiger partial charge on any atom is -0.480 e. The minimum atomic E-state index is -1.44. The first kappa shape index (κ1) is 17.9. The lowest BCUT2D eigenvalue weighted by molar-refractivity contribution is -0.143. The molecule has 2 atom stereocenters. The maximum Gasteiger partial charge on any atom is 0.327 e. The van der Waals surface area contributed by atoms with Gasteiger partial charge in [-0.2, -0.15) is 0 Å². The number of nitrogens with one attached hydrogen (secondary N) is 1. The van der Waals surface area contributed by atoms with Crippen molar-refractivity contribution in [2.45, 2.75) is 18.1 Å². The Kier molecular flexibility index (Phi) is 4.67. The van der Waals surface area contributed by atoms with Gasteiger partial charge in [0.05, 0.1) is 0 Å². The minimum absolute atomic E-state index is 0.413. The van der Waals surface area contributed by atoms with E-state index in [-0.39, 0.29) is 0 Å². The number of aliphatic hydroxyl groups excluding tert-OH is 1. The fourth-order valence-electron chi connectivity index (χ4n) is 3.86. The summed E-state index contributed by atoms with van der Waals surface area (Å²) in [6.45, 7) is 0. The van der Waals surface area contributed by atoms with Crippen LogP contribution in [0.5, 0.6) is 0 Å². The van der Waals surface area contributed by atoms with Crippen LogP contribution >= 0.6 is 0 Å². The van der Waals surface area contributed by atoms with Crippen LogP contribution in [0.1, 0.15) is 28.7 Å². The third kappa shape index (κ3) is 3.06. The summed E-state index contributed by atoms with van der Waals surface area (Å²) in [5.41, 5.74) is 4.05. The summed E-state index contributed by atoms with van der Waals surface area (Å²) in [6, 6.07) is 22.5. The van der Waals surface area contributed by atoms with E-state index < -0.39 is 29.9 Å². The van der Waals surface area contributed by atoms with Gasteiger partial charge in [-0.05, 0) is 27.8 Å². The predicted molar refractivity (Wildman–Crippen MR) is 105 cm³/mol. The summed E-state index contributed by atoms with van der Waals surface area (Å²) >= 11 is 0. The number of hydrogen-bond acceptors (Lipinski definition) is 3. The van der Waals surface area contributed by atoms with Crippen LogP contribution in [0.4, 0.5) is 0 Å². The topological polar surface area (TPSA) is 86.6 Å². The monoisotopic (exact) mass is 373 g/mol. The average molecular weight is 373 g/mol. The molecule has 0 aromatic heterocycles. The molecule has 0 heterocycles. The van der Waals surface area contributed by atoms with E-state index in [1.807, 2.05) is 48.5 Å². The van der Waals surface area contributed by atoms with Gasteiger partial charge in [-0.3, -0.25) is 4.79 Å². The van der Waals surface area contributed by atoms with Gasteiger partial charge in [0.15, 0.2) is 6.10 Å². The molecular weight excluding hydrogens is 354 g/mol. The summed E-state index contributed by atoms with van der Waals surface area (Å²) in [6.07, 6.45) is -1.44. The lowest BCUT2D eigenvalue weighted by atomic mass is 9.89. The van der Waals surface area contributed by atoms with Crippen molar-refractivity contribution in [1.82, 2.24) is 5.32 Å². The summed E-state index contributed by atoms with van der Waals surface area (Å²) < 4.78 is 0. The predicted octanol–water partition coefficient (Wildman–Crippen LogP) is 3.10. The molecule has 140 valence electrons. The zero-order valence-electron chi connectivity index (χ0n) is 14.9. The third-order valence-electron chi connectivity index (χ3n) is 5.14. The molecule has 0 saturated carbocycles. The molecule has 0 unspecified atom stereocenters. The molecule has 4 rings (SSSR count). The summed E-state index contributed by atoms with van der Waals surface area (Å²) in [5, 5.41) is 22.8. The van der Waals surface area contributed by atoms with E-state index in [0.29, 0.717) is 5.56 Å². The van der Waals surface area contributed by atoms with Crippen LogP contribution in [-0.2, 0) is 9.59 Å². The zero-order valence-corrected chi connectivity index (χ0v) is 14.9. The molecule has 5 nitrogen and oxygen atoms in total. The first-order chi connectivity index (χ1) is 13.6. The number of carboxylic acids is 1. The van der Waals surface area contributed by atoms with Crippen LogP contribution < -0.4 is 5.32 Å². The van der Waals surface area contributed by atoms with Gasteiger partial charge in [0.1, 0.15) is 6.04 Å². The molecule has 0 radical (unpaired) electrons. The molecule has 3 N–H and O–H groups in total. The highest BCUT2D eigenvalue weighted by atomic mass is 16.4. The van der Waals surface area contributed by atoms with Crippen LogP contribution in [0.2, 0.25) is 0 Å². The van der Waals surface area contributed by atoms with Gasteiger partial charge in [0.25, 0.3) is 5.91 Å². The molecule has 0 spiro atoms. The molecule has 0 aliphatic heterocycles. The van der Waals surface area contributed by atoms with Gasteiger partial charge in [-0.15, -0.1) is 0 Å². The highest BCUT2D eigenvalue weighted by Crippen LogP contribution is 2.46. The fourth-order valence-corrected chi connectivity index (χ4v) is 3.86. The van der Waals surface area contributed by atoms with Crippen LogP contribution in [0.15, 0.2) is 78.9 Å². The molecule has 0 bridgehead atoms. The molecule has 3 aromatic rings. The Morgan fingerprint density at radius 3 is 1.82 bits per heavy atom. The van der Waals surface area contributed by atoms with Crippen molar-refractivity contribution in [2.75, 3.05) is 0 Å². The van der Waals surface area contributed by atoms with E-state index >= 15 is 0 Å². The first-order valence-electron chi connectivity index (χ1n) is 9.02. The fraction of sp³-hybridized carbons (Fsp3) is 0.130. The average Bonchev–Trinajstić information content (AvgIpc) is 3.06. The molecule has 5 heteroatoms. The summed E-state index contributed by atoms with van der Waals surface area (Å²) in [5.74, 6) is -2.41. The lowest BCUT2D eigenvalue weighted by Gasteiger charge is -2.24. The van der Waals surface area contributed by atoms with Crippen molar-refractivity contribution in [1.29, 1.82) is 0 Å². The van der Waals surface area contributed by atoms with Crippen LogP contribution in [0.3, 0.4) is 0 Å². The van der Waals surface area contributed by atoms with E-state index in [0.717, 1.165) is 22.3 Å². The molecule has 1 aliphatic carbocycles. The number of amides is 1. The Bertz CT molecular complexity index is 986. The Labute approximate surface area is 162 Å². The Hall–Kier alpha value is -3.44. The largest absolute Gasteiger partial charge is 0.480 e. The molecule has 3 aromatic carbocycles. The third-order valence-corrected chi connectivity index (χ3v) is 5.14. The van der Waals surface area contributed by atoms with Crippen molar-refractivity contribution < 1.29 is 19.8 Å². The number of carboxylic acid groups (broad SMARTS) is 1. The van der Waals surface area contributed by atoms with E-state index in [9.17, 15) is 19.8 Å². The van der Waals surface area contributed by atoms with Gasteiger partial charge in [0, 0.05) is 5.92 Å². The highest BCUT2D eigenvalue weighted by molar-refractivity contribution is 5.90. The van der Waals surface area contributed by atoms with Gasteiger partial charge < -0.3 is 15.5 Å². The maximum atomic E-state index is 12.6. The van der Waals surface area contributed by atoms with Gasteiger partial charge in [-0.1, -0.05) is 78.9 Å². The number of hydrogen-bond donors (Lipinski definition) is 3. The quantitative estimate of drug-likeness (QED) is 0.641. The number of carbonyl (C=O) groups is 2. The number of carbonyl (C=O) groups excluding carboxylic acids is 1. The van der Waals surface area contributed by atoms with Crippen LogP contribution in [-0.4, -0.2) is 28.1 Å². The number of rotatable bonds is 5. The van der Waals surface area contributed by atoms with E-state index in [1.165, 1.54) is 0 Å². The van der Waals surface area contributed by atoms with E-state index in [4.69, 9.17) is 0 Å². The Morgan fingerprint density at radius 2 is 1.29 bits per heavy atom. The SMILES string of the molecule is O=C(N[C@H](C(=O)O)C1c2ccccc2-c2ccccc21)[C@@H](O)c1ccccc1. The van der Waals surface area contributed by atoms with Crippen molar-refractivity contribution in [3.05, 3.63) is 95.6 Å². The molecule has 1 aliphatic rings. The van der Waals surface area contributed by atoms with E-state index in [2.05, 4.69) is 5.32 Å². The molecule has 28 heavy (non-hydrogen) atoms. The van der Waals surface area contributed by atoms with Gasteiger partial charge in [0.2, 0.25) is 0 Å². The molecular formula is C23H19NO4. The second-order valence-corrected chi connectivity index (χ2v) is 6.79. The van der Waals surface area contributed by atoms with Gasteiger partial charge in [-0.25, -0.2) is 4.79 Å². The van der Waals surface area contributed by atoms with Crippen molar-refractivity contribution >= 4 is 11.9 Å². The second-order valence-electron chi connectivity index (χ2n) is 6.79. The van der Waals surface area contributed by atoms with Crippen molar-refractivity contribution in [2.24, 2.45) is 0 Å². The number of fused-ring (bicyclic) bond motifs is 3. The number of benzene rings is 3. The van der Waals surface area contributed by atoms with Crippen molar-refractivity contribution in [3.8, 4) is 11.1 Å². The lowest BCUT2D eigenvalue weighted by Crippen LogP contribution is -2.46. The zero-order chi connectivity index (χ0) is 19.7. The summed E-state index contributed by atoms with van der Waals surface area (Å²) in [7, 11) is 0. The maximum absolute atomic E-state index is 12.6. The van der Waals surface area contributed by atoms with Crippen LogP contribution in [0.25, 0.3) is 11.1 Å². The van der Waals surface area contributed by atoms with E-state index in [1.54, 1.807) is 30.3 Å². The summed E-state index contributed by atoms with van der Waals surface area (Å²) in [4.78, 5) is 24.7. The standard InChI is InChI=1S/C23H19NO4/c25-21(14-8-2-1-3-9-14)22(26)24-20(23(27)28)19-17-12-6-4-10-15(17)16-11-5-7-13-18(16)19/h1-13,19-21,25H,(H,24,26)(H,27,28)/t20-,21-/m0/s1. The smallest absolute Gasteiger partial charge is 0.327 e. The van der Waals surface area contributed by atoms with Gasteiger partial charge >= 0.3 is 5.97 Å². The Balaban J connectivity index is 1.69. The van der Waals surface area contributed by atoms with Crippen LogP contribution in [0, 0.1) is 0 Å².